The monoisotopic (exact) mass is 164 g/mol. The molecular weight excluding hydrogens is 150 g/mol. The SMILES string of the molecule is C=C1C=CC(=[N+](C)C)C=C1OC. The number of methoxy groups -OCH3 is 1. The number of hydrogen-bond donors (Lipinski definition) is 0. The zero-order valence-corrected chi connectivity index (χ0v) is 7.79. The Morgan fingerprint density at radius 3 is 2.50 bits per heavy atom. The molecule has 0 atom stereocenters. The van der Waals surface area contributed by atoms with E-state index in [0.717, 1.165) is 17.0 Å². The quantitative estimate of drug-likeness (QED) is 0.533. The van der Waals surface area contributed by atoms with Crippen molar-refractivity contribution in [1.29, 1.82) is 0 Å². The first kappa shape index (κ1) is 8.78. The van der Waals surface area contributed by atoms with Gasteiger partial charge < -0.3 is 4.74 Å². The number of rotatable bonds is 1. The molecule has 2 nitrogen and oxygen atoms in total. The summed E-state index contributed by atoms with van der Waals surface area (Å²) in [6.07, 6.45) is 5.95. The molecule has 0 aromatic heterocycles. The van der Waals surface area contributed by atoms with Crippen molar-refractivity contribution in [1.82, 2.24) is 0 Å². The van der Waals surface area contributed by atoms with Gasteiger partial charge in [0.1, 0.15) is 19.9 Å². The average Bonchev–Trinajstić information content (AvgIpc) is 2.05. The van der Waals surface area contributed by atoms with Crippen LogP contribution in [0.3, 0.4) is 0 Å². The van der Waals surface area contributed by atoms with Crippen LogP contribution in [0.25, 0.3) is 0 Å². The van der Waals surface area contributed by atoms with Gasteiger partial charge in [-0.25, -0.2) is 4.58 Å². The summed E-state index contributed by atoms with van der Waals surface area (Å²) in [4.78, 5) is 0. The van der Waals surface area contributed by atoms with Crippen molar-refractivity contribution in [2.75, 3.05) is 21.2 Å². The summed E-state index contributed by atoms with van der Waals surface area (Å²) < 4.78 is 7.18. The summed E-state index contributed by atoms with van der Waals surface area (Å²) in [7, 11) is 5.65. The van der Waals surface area contributed by atoms with E-state index >= 15 is 0 Å². The first-order valence-corrected chi connectivity index (χ1v) is 3.82. The summed E-state index contributed by atoms with van der Waals surface area (Å²) in [6, 6.07) is 0. The molecule has 0 fully saturated rings. The van der Waals surface area contributed by atoms with Gasteiger partial charge in [-0.05, 0) is 6.08 Å². The van der Waals surface area contributed by atoms with Gasteiger partial charge in [-0.3, -0.25) is 0 Å². The lowest BCUT2D eigenvalue weighted by Crippen LogP contribution is -2.12. The third kappa shape index (κ3) is 1.64. The minimum absolute atomic E-state index is 0.834. The van der Waals surface area contributed by atoms with Crippen molar-refractivity contribution >= 4 is 5.71 Å². The molecule has 64 valence electrons. The Hall–Kier alpha value is -1.31. The second-order valence-electron chi connectivity index (χ2n) is 2.89. The fraction of sp³-hybridized carbons (Fsp3) is 0.300. The summed E-state index contributed by atoms with van der Waals surface area (Å²) in [5, 5.41) is 0. The van der Waals surface area contributed by atoms with Gasteiger partial charge in [0.25, 0.3) is 0 Å². The van der Waals surface area contributed by atoms with E-state index in [1.54, 1.807) is 7.11 Å². The number of nitrogens with zero attached hydrogens (tertiary/aromatic N) is 1. The van der Waals surface area contributed by atoms with Gasteiger partial charge in [0.15, 0.2) is 0 Å². The van der Waals surface area contributed by atoms with Crippen LogP contribution in [0.1, 0.15) is 0 Å². The van der Waals surface area contributed by atoms with Crippen LogP contribution < -0.4 is 0 Å². The lowest BCUT2D eigenvalue weighted by molar-refractivity contribution is -0.462. The van der Waals surface area contributed by atoms with Crippen LogP contribution in [0.5, 0.6) is 0 Å². The van der Waals surface area contributed by atoms with E-state index in [4.69, 9.17) is 4.74 Å². The largest absolute Gasteiger partial charge is 0.496 e. The van der Waals surface area contributed by atoms with Crippen LogP contribution in [0.15, 0.2) is 36.1 Å². The maximum absolute atomic E-state index is 5.15. The van der Waals surface area contributed by atoms with Crippen molar-refractivity contribution in [3.63, 3.8) is 0 Å². The van der Waals surface area contributed by atoms with Crippen LogP contribution in [-0.2, 0) is 4.74 Å². The molecule has 0 aromatic carbocycles. The highest BCUT2D eigenvalue weighted by Crippen LogP contribution is 2.14. The zero-order valence-electron chi connectivity index (χ0n) is 7.79. The summed E-state index contributed by atoms with van der Waals surface area (Å²) in [6.45, 7) is 3.85. The van der Waals surface area contributed by atoms with Gasteiger partial charge in [-0.1, -0.05) is 6.58 Å². The zero-order chi connectivity index (χ0) is 9.14. The smallest absolute Gasteiger partial charge is 0.203 e. The van der Waals surface area contributed by atoms with Crippen LogP contribution >= 0.6 is 0 Å². The van der Waals surface area contributed by atoms with E-state index in [2.05, 4.69) is 6.58 Å². The van der Waals surface area contributed by atoms with E-state index < -0.39 is 0 Å². The standard InChI is InChI=1S/C10H14NO/c1-8-5-6-9(11(2)3)7-10(8)12-4/h5-7H,1H2,2-4H3/q+1. The molecule has 12 heavy (non-hydrogen) atoms. The summed E-state index contributed by atoms with van der Waals surface area (Å²) >= 11 is 0. The lowest BCUT2D eigenvalue weighted by Gasteiger charge is -2.08. The van der Waals surface area contributed by atoms with E-state index in [-0.39, 0.29) is 0 Å². The molecule has 1 rings (SSSR count). The molecule has 0 radical (unpaired) electrons. The molecule has 1 aliphatic rings. The Bertz CT molecular complexity index is 291. The topological polar surface area (TPSA) is 12.2 Å². The van der Waals surface area contributed by atoms with Gasteiger partial charge in [0, 0.05) is 11.6 Å². The highest BCUT2D eigenvalue weighted by Gasteiger charge is 2.10. The summed E-state index contributed by atoms with van der Waals surface area (Å²) in [5.74, 6) is 0.834. The number of allylic oxidation sites excluding steroid dienone is 3. The Labute approximate surface area is 73.2 Å². The molecule has 0 heterocycles. The van der Waals surface area contributed by atoms with Crippen molar-refractivity contribution in [2.45, 2.75) is 0 Å². The molecule has 0 aromatic rings. The van der Waals surface area contributed by atoms with E-state index in [1.807, 2.05) is 36.9 Å². The summed E-state index contributed by atoms with van der Waals surface area (Å²) in [5.41, 5.74) is 2.04. The molecule has 2 heteroatoms. The van der Waals surface area contributed by atoms with E-state index in [0.29, 0.717) is 0 Å². The third-order valence-corrected chi connectivity index (χ3v) is 1.79. The first-order chi connectivity index (χ1) is 5.65. The third-order valence-electron chi connectivity index (χ3n) is 1.79. The van der Waals surface area contributed by atoms with Crippen LogP contribution in [0.4, 0.5) is 0 Å². The maximum Gasteiger partial charge on any atom is 0.203 e. The van der Waals surface area contributed by atoms with E-state index in [9.17, 15) is 0 Å². The van der Waals surface area contributed by atoms with Gasteiger partial charge in [-0.2, -0.15) is 0 Å². The van der Waals surface area contributed by atoms with Gasteiger partial charge in [0.05, 0.1) is 13.2 Å². The van der Waals surface area contributed by atoms with Crippen LogP contribution in [-0.4, -0.2) is 31.5 Å². The second kappa shape index (κ2) is 3.39. The number of hydrogen-bond acceptors (Lipinski definition) is 1. The highest BCUT2D eigenvalue weighted by molar-refractivity contribution is 6.02. The minimum Gasteiger partial charge on any atom is -0.496 e. The molecular formula is C10H14NO+. The molecule has 0 N–H and O–H groups in total. The molecule has 0 saturated carbocycles. The van der Waals surface area contributed by atoms with Crippen molar-refractivity contribution in [3.8, 4) is 0 Å². The van der Waals surface area contributed by atoms with Crippen LogP contribution in [0, 0.1) is 0 Å². The van der Waals surface area contributed by atoms with Crippen molar-refractivity contribution in [2.24, 2.45) is 0 Å². The lowest BCUT2D eigenvalue weighted by atomic mass is 10.1. The molecule has 0 spiro atoms. The van der Waals surface area contributed by atoms with Gasteiger partial charge >= 0.3 is 0 Å². The number of ether oxygens (including phenoxy) is 1. The molecule has 0 aliphatic heterocycles. The molecule has 1 aliphatic carbocycles. The molecule has 0 unspecified atom stereocenters. The normalized spacial score (nSPS) is 16.1. The van der Waals surface area contributed by atoms with Crippen LogP contribution in [0.2, 0.25) is 0 Å². The second-order valence-corrected chi connectivity index (χ2v) is 2.89. The minimum atomic E-state index is 0.834. The predicted molar refractivity (Wildman–Crippen MR) is 50.5 cm³/mol. The molecule has 0 amide bonds. The Morgan fingerprint density at radius 2 is 2.00 bits per heavy atom. The molecule has 0 saturated heterocycles. The average molecular weight is 164 g/mol. The van der Waals surface area contributed by atoms with Crippen molar-refractivity contribution in [3.05, 3.63) is 36.1 Å². The Balaban J connectivity index is 3.03. The van der Waals surface area contributed by atoms with Gasteiger partial charge in [-0.15, -0.1) is 0 Å². The fourth-order valence-corrected chi connectivity index (χ4v) is 1.01. The molecule has 0 bridgehead atoms. The van der Waals surface area contributed by atoms with E-state index in [1.165, 1.54) is 0 Å². The highest BCUT2D eigenvalue weighted by atomic mass is 16.5. The Morgan fingerprint density at radius 1 is 1.33 bits per heavy atom. The van der Waals surface area contributed by atoms with Crippen molar-refractivity contribution < 1.29 is 9.31 Å². The predicted octanol–water partition coefficient (Wildman–Crippen LogP) is 1.36. The fourth-order valence-electron chi connectivity index (χ4n) is 1.01. The Kier molecular flexibility index (Phi) is 2.48. The maximum atomic E-state index is 5.15. The first-order valence-electron chi connectivity index (χ1n) is 3.82. The van der Waals surface area contributed by atoms with Gasteiger partial charge in [0.2, 0.25) is 5.71 Å².